The number of ether oxygens (including phenoxy) is 1. The number of carbonyl (C=O) groups is 1. The lowest BCUT2D eigenvalue weighted by Gasteiger charge is -2.09. The van der Waals surface area contributed by atoms with Crippen LogP contribution in [0.25, 0.3) is 11.4 Å². The van der Waals surface area contributed by atoms with Gasteiger partial charge in [0, 0.05) is 12.0 Å². The molecule has 0 saturated carbocycles. The second kappa shape index (κ2) is 14.7. The van der Waals surface area contributed by atoms with Crippen molar-refractivity contribution in [2.75, 3.05) is 0 Å². The standard InChI is InChI=1S/C26H38N2O2/c1-3-5-7-9-11-12-16-22-17-14-15-18-24(22)26-27-20-23(21-28-26)30-25(29)19-13-10-8-6-4-2/h14-15,17-18,20-21H,3-13,16,19H2,1-2H3. The fourth-order valence-corrected chi connectivity index (χ4v) is 3.62. The van der Waals surface area contributed by atoms with E-state index in [1.807, 2.05) is 6.07 Å². The van der Waals surface area contributed by atoms with Gasteiger partial charge in [0.2, 0.25) is 0 Å². The lowest BCUT2D eigenvalue weighted by molar-refractivity contribution is -0.134. The molecule has 1 heterocycles. The van der Waals surface area contributed by atoms with Crippen molar-refractivity contribution in [3.05, 3.63) is 42.2 Å². The van der Waals surface area contributed by atoms with Gasteiger partial charge in [-0.25, -0.2) is 9.97 Å². The number of nitrogens with zero attached hydrogens (tertiary/aromatic N) is 2. The van der Waals surface area contributed by atoms with E-state index in [1.54, 1.807) is 12.4 Å². The van der Waals surface area contributed by atoms with Gasteiger partial charge >= 0.3 is 5.97 Å². The fourth-order valence-electron chi connectivity index (χ4n) is 3.62. The number of unbranched alkanes of at least 4 members (excludes halogenated alkanes) is 9. The summed E-state index contributed by atoms with van der Waals surface area (Å²) in [6.45, 7) is 4.43. The summed E-state index contributed by atoms with van der Waals surface area (Å²) in [4.78, 5) is 20.9. The summed E-state index contributed by atoms with van der Waals surface area (Å²) in [5.74, 6) is 0.910. The van der Waals surface area contributed by atoms with Gasteiger partial charge < -0.3 is 4.74 Å². The molecular weight excluding hydrogens is 372 g/mol. The Morgan fingerprint density at radius 3 is 2.10 bits per heavy atom. The Balaban J connectivity index is 1.84. The van der Waals surface area contributed by atoms with E-state index in [2.05, 4.69) is 42.0 Å². The molecule has 0 bridgehead atoms. The number of aryl methyl sites for hydroxylation is 1. The highest BCUT2D eigenvalue weighted by Gasteiger charge is 2.10. The average Bonchev–Trinajstić information content (AvgIpc) is 2.77. The summed E-state index contributed by atoms with van der Waals surface area (Å²) in [7, 11) is 0. The van der Waals surface area contributed by atoms with Gasteiger partial charge in [-0.2, -0.15) is 0 Å². The molecule has 164 valence electrons. The van der Waals surface area contributed by atoms with Gasteiger partial charge in [-0.3, -0.25) is 4.79 Å². The molecule has 0 aliphatic rings. The molecule has 1 aromatic heterocycles. The number of carbonyl (C=O) groups excluding carboxylic acids is 1. The Hall–Kier alpha value is -2.23. The molecule has 0 aliphatic heterocycles. The largest absolute Gasteiger partial charge is 0.423 e. The maximum atomic E-state index is 12.0. The van der Waals surface area contributed by atoms with Crippen molar-refractivity contribution < 1.29 is 9.53 Å². The van der Waals surface area contributed by atoms with E-state index in [9.17, 15) is 4.79 Å². The van der Waals surface area contributed by atoms with Crippen LogP contribution in [-0.2, 0) is 11.2 Å². The Labute approximate surface area is 182 Å². The van der Waals surface area contributed by atoms with E-state index in [0.29, 0.717) is 18.0 Å². The van der Waals surface area contributed by atoms with Crippen LogP contribution in [0.5, 0.6) is 5.75 Å². The summed E-state index contributed by atoms with van der Waals surface area (Å²) in [5, 5.41) is 0. The number of benzene rings is 1. The summed E-state index contributed by atoms with van der Waals surface area (Å²) in [5.41, 5.74) is 2.35. The summed E-state index contributed by atoms with van der Waals surface area (Å²) >= 11 is 0. The molecule has 0 N–H and O–H groups in total. The van der Waals surface area contributed by atoms with Crippen molar-refractivity contribution in [3.8, 4) is 17.1 Å². The molecule has 0 unspecified atom stereocenters. The van der Waals surface area contributed by atoms with Crippen molar-refractivity contribution >= 4 is 5.97 Å². The van der Waals surface area contributed by atoms with Gasteiger partial charge in [0.1, 0.15) is 0 Å². The van der Waals surface area contributed by atoms with E-state index in [0.717, 1.165) is 24.8 Å². The van der Waals surface area contributed by atoms with Crippen LogP contribution in [0.4, 0.5) is 0 Å². The highest BCUT2D eigenvalue weighted by molar-refractivity contribution is 5.72. The van der Waals surface area contributed by atoms with Gasteiger partial charge in [-0.05, 0) is 24.8 Å². The zero-order chi connectivity index (χ0) is 21.4. The predicted molar refractivity (Wildman–Crippen MR) is 124 cm³/mol. The molecule has 0 saturated heterocycles. The molecule has 0 radical (unpaired) electrons. The van der Waals surface area contributed by atoms with Crippen molar-refractivity contribution in [3.63, 3.8) is 0 Å². The molecule has 0 aliphatic carbocycles. The second-order valence-electron chi connectivity index (χ2n) is 8.06. The number of hydrogen-bond donors (Lipinski definition) is 0. The van der Waals surface area contributed by atoms with Crippen LogP contribution in [0.15, 0.2) is 36.7 Å². The van der Waals surface area contributed by atoms with Gasteiger partial charge in [0.15, 0.2) is 11.6 Å². The van der Waals surface area contributed by atoms with Gasteiger partial charge in [0.05, 0.1) is 12.4 Å². The zero-order valence-electron chi connectivity index (χ0n) is 18.9. The first kappa shape index (κ1) is 24.0. The number of rotatable bonds is 15. The van der Waals surface area contributed by atoms with Crippen LogP contribution in [0.3, 0.4) is 0 Å². The molecule has 4 heteroatoms. The van der Waals surface area contributed by atoms with E-state index in [-0.39, 0.29) is 5.97 Å². The van der Waals surface area contributed by atoms with E-state index in [1.165, 1.54) is 63.4 Å². The van der Waals surface area contributed by atoms with Crippen molar-refractivity contribution in [2.24, 2.45) is 0 Å². The van der Waals surface area contributed by atoms with Crippen LogP contribution >= 0.6 is 0 Å². The van der Waals surface area contributed by atoms with Crippen LogP contribution in [0.2, 0.25) is 0 Å². The van der Waals surface area contributed by atoms with Crippen molar-refractivity contribution in [1.29, 1.82) is 0 Å². The Kier molecular flexibility index (Phi) is 11.8. The predicted octanol–water partition coefficient (Wildman–Crippen LogP) is 7.31. The maximum absolute atomic E-state index is 12.0. The average molecular weight is 411 g/mol. The maximum Gasteiger partial charge on any atom is 0.311 e. The van der Waals surface area contributed by atoms with Crippen LogP contribution in [-0.4, -0.2) is 15.9 Å². The van der Waals surface area contributed by atoms with E-state index < -0.39 is 0 Å². The monoisotopic (exact) mass is 410 g/mol. The number of aromatic nitrogens is 2. The summed E-state index contributed by atoms with van der Waals surface area (Å²) in [6.07, 6.45) is 18.0. The first-order valence-corrected chi connectivity index (χ1v) is 11.9. The summed E-state index contributed by atoms with van der Waals surface area (Å²) in [6, 6.07) is 8.34. The minimum absolute atomic E-state index is 0.202. The molecule has 1 aromatic carbocycles. The smallest absolute Gasteiger partial charge is 0.311 e. The normalized spacial score (nSPS) is 10.9. The number of esters is 1. The molecule has 4 nitrogen and oxygen atoms in total. The number of hydrogen-bond acceptors (Lipinski definition) is 4. The second-order valence-corrected chi connectivity index (χ2v) is 8.06. The van der Waals surface area contributed by atoms with Gasteiger partial charge in [-0.15, -0.1) is 0 Å². The lowest BCUT2D eigenvalue weighted by Crippen LogP contribution is -2.08. The van der Waals surface area contributed by atoms with Crippen LogP contribution in [0.1, 0.15) is 96.5 Å². The molecule has 30 heavy (non-hydrogen) atoms. The SMILES string of the molecule is CCCCCCCCc1ccccc1-c1ncc(OC(=O)CCCCCCC)cn1. The third kappa shape index (κ3) is 9.06. The molecule has 0 spiro atoms. The summed E-state index contributed by atoms with van der Waals surface area (Å²) < 4.78 is 5.39. The Morgan fingerprint density at radius 1 is 0.800 bits per heavy atom. The molecular formula is C26H38N2O2. The quantitative estimate of drug-likeness (QED) is 0.228. The first-order chi connectivity index (χ1) is 14.7. The fraction of sp³-hybridized carbons (Fsp3) is 0.577. The minimum atomic E-state index is -0.202. The molecule has 0 atom stereocenters. The first-order valence-electron chi connectivity index (χ1n) is 11.9. The van der Waals surface area contributed by atoms with Crippen molar-refractivity contribution in [2.45, 2.75) is 97.3 Å². The van der Waals surface area contributed by atoms with Crippen LogP contribution in [0, 0.1) is 0 Å². The molecule has 2 rings (SSSR count). The third-order valence-corrected chi connectivity index (χ3v) is 5.40. The van der Waals surface area contributed by atoms with E-state index >= 15 is 0 Å². The van der Waals surface area contributed by atoms with Crippen LogP contribution < -0.4 is 4.74 Å². The lowest BCUT2D eigenvalue weighted by atomic mass is 10.00. The molecule has 2 aromatic rings. The third-order valence-electron chi connectivity index (χ3n) is 5.40. The van der Waals surface area contributed by atoms with E-state index in [4.69, 9.17) is 4.74 Å². The van der Waals surface area contributed by atoms with Gasteiger partial charge in [-0.1, -0.05) is 95.9 Å². The van der Waals surface area contributed by atoms with Crippen molar-refractivity contribution in [1.82, 2.24) is 9.97 Å². The minimum Gasteiger partial charge on any atom is -0.423 e. The Bertz CT molecular complexity index is 728. The highest BCUT2D eigenvalue weighted by atomic mass is 16.5. The topological polar surface area (TPSA) is 52.1 Å². The molecule has 0 amide bonds. The highest BCUT2D eigenvalue weighted by Crippen LogP contribution is 2.23. The Morgan fingerprint density at radius 2 is 1.40 bits per heavy atom. The zero-order valence-corrected chi connectivity index (χ0v) is 18.9. The molecule has 0 fully saturated rings. The van der Waals surface area contributed by atoms with Gasteiger partial charge in [0.25, 0.3) is 0 Å².